The molecule has 0 spiro atoms. The number of amides is 3. The second-order valence-corrected chi connectivity index (χ2v) is 7.28. The van der Waals surface area contributed by atoms with Gasteiger partial charge in [0.2, 0.25) is 11.8 Å². The molecule has 2 aromatic rings. The number of benzene rings is 2. The first-order valence-corrected chi connectivity index (χ1v) is 10.1. The highest BCUT2D eigenvalue weighted by Gasteiger charge is 2.12. The number of rotatable bonds is 9. The van der Waals surface area contributed by atoms with Gasteiger partial charge in [-0.15, -0.1) is 0 Å². The van der Waals surface area contributed by atoms with Crippen LogP contribution in [0.5, 0.6) is 5.75 Å². The van der Waals surface area contributed by atoms with Crippen molar-refractivity contribution in [2.45, 2.75) is 12.8 Å². The Morgan fingerprint density at radius 2 is 1.73 bits per heavy atom. The summed E-state index contributed by atoms with van der Waals surface area (Å²) in [5, 5.41) is 3.03. The van der Waals surface area contributed by atoms with Gasteiger partial charge in [-0.25, -0.2) is 0 Å². The van der Waals surface area contributed by atoms with Crippen molar-refractivity contribution >= 4 is 50.9 Å². The standard InChI is InChI=1S/C20H21BrClN3O5/c1-29-10-11-30-17-7-6-13(12-14(17)21)20(28)25-24-19(27)9-8-18(26)23-16-5-3-2-4-15(16)22/h2-7,12H,8-11H2,1H3,(H,23,26)(H,24,27)(H,25,28). The van der Waals surface area contributed by atoms with Gasteiger partial charge in [-0.1, -0.05) is 23.7 Å². The number of methoxy groups -OCH3 is 1. The molecule has 0 aromatic heterocycles. The molecule has 8 nitrogen and oxygen atoms in total. The molecular weight excluding hydrogens is 478 g/mol. The number of nitrogens with one attached hydrogen (secondary N) is 3. The number of ether oxygens (including phenoxy) is 2. The van der Waals surface area contributed by atoms with Gasteiger partial charge in [-0.2, -0.15) is 0 Å². The van der Waals surface area contributed by atoms with Crippen LogP contribution in [0.15, 0.2) is 46.9 Å². The molecule has 2 aromatic carbocycles. The van der Waals surface area contributed by atoms with E-state index in [1.807, 2.05) is 0 Å². The minimum atomic E-state index is -0.506. The molecule has 160 valence electrons. The summed E-state index contributed by atoms with van der Waals surface area (Å²) in [6.45, 7) is 0.817. The largest absolute Gasteiger partial charge is 0.490 e. The number of carbonyl (C=O) groups excluding carboxylic acids is 3. The summed E-state index contributed by atoms with van der Waals surface area (Å²) in [6, 6.07) is 11.6. The molecule has 0 heterocycles. The van der Waals surface area contributed by atoms with Gasteiger partial charge in [-0.3, -0.25) is 25.2 Å². The van der Waals surface area contributed by atoms with Crippen LogP contribution in [0.1, 0.15) is 23.2 Å². The zero-order chi connectivity index (χ0) is 21.9. The van der Waals surface area contributed by atoms with Gasteiger partial charge in [0, 0.05) is 25.5 Å². The van der Waals surface area contributed by atoms with Crippen LogP contribution in [0.2, 0.25) is 5.02 Å². The normalized spacial score (nSPS) is 10.2. The SMILES string of the molecule is COCCOc1ccc(C(=O)NNC(=O)CCC(=O)Nc2ccccc2Cl)cc1Br. The summed E-state index contributed by atoms with van der Waals surface area (Å²) in [5.74, 6) is -0.806. The van der Waals surface area contributed by atoms with Gasteiger partial charge in [-0.05, 0) is 46.3 Å². The first-order valence-electron chi connectivity index (χ1n) is 8.95. The molecule has 0 aliphatic rings. The molecule has 0 aliphatic carbocycles. The minimum Gasteiger partial charge on any atom is -0.490 e. The van der Waals surface area contributed by atoms with E-state index in [2.05, 4.69) is 32.1 Å². The summed E-state index contributed by atoms with van der Waals surface area (Å²) in [4.78, 5) is 36.0. The molecule has 3 N–H and O–H groups in total. The third kappa shape index (κ3) is 7.66. The molecule has 0 saturated carbocycles. The van der Waals surface area contributed by atoms with Crippen LogP contribution in [-0.4, -0.2) is 38.0 Å². The Morgan fingerprint density at radius 1 is 1.00 bits per heavy atom. The quantitative estimate of drug-likeness (QED) is 0.363. The number of para-hydroxylation sites is 1. The fourth-order valence-electron chi connectivity index (χ4n) is 2.26. The van der Waals surface area contributed by atoms with E-state index in [0.717, 1.165) is 0 Å². The zero-order valence-electron chi connectivity index (χ0n) is 16.2. The molecule has 0 unspecified atom stereocenters. The lowest BCUT2D eigenvalue weighted by Crippen LogP contribution is -2.41. The van der Waals surface area contributed by atoms with Crippen LogP contribution in [0.25, 0.3) is 0 Å². The van der Waals surface area contributed by atoms with E-state index in [1.165, 1.54) is 0 Å². The Balaban J connectivity index is 1.76. The Labute approximate surface area is 187 Å². The summed E-state index contributed by atoms with van der Waals surface area (Å²) < 4.78 is 11.0. The Hall–Kier alpha value is -2.62. The van der Waals surface area contributed by atoms with Crippen molar-refractivity contribution < 1.29 is 23.9 Å². The molecule has 30 heavy (non-hydrogen) atoms. The molecule has 2 rings (SSSR count). The van der Waals surface area contributed by atoms with Crippen molar-refractivity contribution in [2.75, 3.05) is 25.6 Å². The van der Waals surface area contributed by atoms with Crippen molar-refractivity contribution in [1.29, 1.82) is 0 Å². The van der Waals surface area contributed by atoms with Gasteiger partial charge in [0.05, 0.1) is 21.8 Å². The highest BCUT2D eigenvalue weighted by molar-refractivity contribution is 9.10. The Kier molecular flexibility index (Phi) is 9.59. The maximum atomic E-state index is 12.2. The van der Waals surface area contributed by atoms with E-state index in [-0.39, 0.29) is 18.7 Å². The molecule has 0 atom stereocenters. The highest BCUT2D eigenvalue weighted by atomic mass is 79.9. The second kappa shape index (κ2) is 12.2. The maximum absolute atomic E-state index is 12.2. The maximum Gasteiger partial charge on any atom is 0.269 e. The lowest BCUT2D eigenvalue weighted by molar-refractivity contribution is -0.124. The molecule has 0 aliphatic heterocycles. The lowest BCUT2D eigenvalue weighted by Gasteiger charge is -2.11. The topological polar surface area (TPSA) is 106 Å². The molecule has 0 radical (unpaired) electrons. The average Bonchev–Trinajstić information content (AvgIpc) is 2.73. The van der Waals surface area contributed by atoms with Gasteiger partial charge in [0.1, 0.15) is 12.4 Å². The zero-order valence-corrected chi connectivity index (χ0v) is 18.5. The molecule has 0 saturated heterocycles. The van der Waals surface area contributed by atoms with Crippen molar-refractivity contribution in [3.8, 4) is 5.75 Å². The van der Waals surface area contributed by atoms with E-state index < -0.39 is 11.8 Å². The van der Waals surface area contributed by atoms with Crippen LogP contribution < -0.4 is 20.9 Å². The number of hydrogen-bond donors (Lipinski definition) is 3. The molecule has 0 bridgehead atoms. The Bertz CT molecular complexity index is 910. The van der Waals surface area contributed by atoms with Crippen molar-refractivity contribution in [1.82, 2.24) is 10.9 Å². The highest BCUT2D eigenvalue weighted by Crippen LogP contribution is 2.26. The molecule has 3 amide bonds. The van der Waals surface area contributed by atoms with Crippen LogP contribution in [0.4, 0.5) is 5.69 Å². The fourth-order valence-corrected chi connectivity index (χ4v) is 2.93. The predicted octanol–water partition coefficient (Wildman–Crippen LogP) is 3.31. The van der Waals surface area contributed by atoms with Crippen LogP contribution in [-0.2, 0) is 14.3 Å². The summed E-state index contributed by atoms with van der Waals surface area (Å²) in [5.41, 5.74) is 5.37. The minimum absolute atomic E-state index is 0.0635. The number of anilines is 1. The lowest BCUT2D eigenvalue weighted by atomic mass is 10.2. The summed E-state index contributed by atoms with van der Waals surface area (Å²) in [7, 11) is 1.57. The third-order valence-corrected chi connectivity index (χ3v) is 4.73. The number of hydrazine groups is 1. The van der Waals surface area contributed by atoms with E-state index in [0.29, 0.717) is 39.7 Å². The van der Waals surface area contributed by atoms with Gasteiger partial charge < -0.3 is 14.8 Å². The van der Waals surface area contributed by atoms with E-state index in [4.69, 9.17) is 21.1 Å². The summed E-state index contributed by atoms with van der Waals surface area (Å²) in [6.07, 6.45) is -0.168. The van der Waals surface area contributed by atoms with Gasteiger partial charge >= 0.3 is 0 Å². The smallest absolute Gasteiger partial charge is 0.269 e. The molecule has 10 heteroatoms. The fraction of sp³-hybridized carbons (Fsp3) is 0.250. The number of hydrogen-bond acceptors (Lipinski definition) is 5. The average molecular weight is 499 g/mol. The van der Waals surface area contributed by atoms with Crippen LogP contribution in [0.3, 0.4) is 0 Å². The molecular formula is C20H21BrClN3O5. The third-order valence-electron chi connectivity index (χ3n) is 3.78. The van der Waals surface area contributed by atoms with Gasteiger partial charge in [0.15, 0.2) is 0 Å². The first kappa shape index (κ1) is 23.7. The van der Waals surface area contributed by atoms with Crippen molar-refractivity contribution in [3.05, 3.63) is 57.5 Å². The van der Waals surface area contributed by atoms with Crippen molar-refractivity contribution in [2.24, 2.45) is 0 Å². The van der Waals surface area contributed by atoms with E-state index in [1.54, 1.807) is 49.6 Å². The van der Waals surface area contributed by atoms with Crippen molar-refractivity contribution in [3.63, 3.8) is 0 Å². The van der Waals surface area contributed by atoms with Crippen LogP contribution in [0, 0.1) is 0 Å². The second-order valence-electron chi connectivity index (χ2n) is 6.02. The van der Waals surface area contributed by atoms with Gasteiger partial charge in [0.25, 0.3) is 5.91 Å². The monoisotopic (exact) mass is 497 g/mol. The Morgan fingerprint density at radius 3 is 2.43 bits per heavy atom. The van der Waals surface area contributed by atoms with E-state index in [9.17, 15) is 14.4 Å². The number of carbonyl (C=O) groups is 3. The summed E-state index contributed by atoms with van der Waals surface area (Å²) >= 11 is 9.30. The predicted molar refractivity (Wildman–Crippen MR) is 116 cm³/mol. The number of halogens is 2. The van der Waals surface area contributed by atoms with Crippen LogP contribution >= 0.6 is 27.5 Å². The first-order chi connectivity index (χ1) is 14.4. The molecule has 0 fully saturated rings. The van der Waals surface area contributed by atoms with E-state index >= 15 is 0 Å².